The Kier molecular flexibility index (Phi) is 5.36. The van der Waals surface area contributed by atoms with E-state index in [9.17, 15) is 4.79 Å². The van der Waals surface area contributed by atoms with E-state index in [1.807, 2.05) is 38.1 Å². The topological polar surface area (TPSA) is 47.6 Å². The number of nitrogens with one attached hydrogen (secondary N) is 1. The van der Waals surface area contributed by atoms with Gasteiger partial charge in [-0.25, -0.2) is 0 Å². The van der Waals surface area contributed by atoms with Gasteiger partial charge in [0.2, 0.25) is 0 Å². The Morgan fingerprint density at radius 2 is 1.84 bits per heavy atom. The summed E-state index contributed by atoms with van der Waals surface area (Å²) >= 11 is 0. The van der Waals surface area contributed by atoms with Gasteiger partial charge in [0.25, 0.3) is 0 Å². The van der Waals surface area contributed by atoms with Gasteiger partial charge in [-0.3, -0.25) is 10.1 Å². The Bertz CT molecular complexity index is 412. The maximum absolute atomic E-state index is 11.7. The molecule has 0 aliphatic heterocycles. The first kappa shape index (κ1) is 15.5. The molecule has 19 heavy (non-hydrogen) atoms. The van der Waals surface area contributed by atoms with Gasteiger partial charge in [-0.15, -0.1) is 0 Å². The normalized spacial score (nSPS) is 12.9. The molecule has 4 nitrogen and oxygen atoms in total. The molecule has 1 atom stereocenters. The van der Waals surface area contributed by atoms with Gasteiger partial charge in [-0.2, -0.15) is 0 Å². The third-order valence-electron chi connectivity index (χ3n) is 3.16. The van der Waals surface area contributed by atoms with E-state index in [2.05, 4.69) is 12.2 Å². The van der Waals surface area contributed by atoms with Crippen LogP contribution in [0.5, 0.6) is 5.75 Å². The number of esters is 1. The van der Waals surface area contributed by atoms with E-state index >= 15 is 0 Å². The van der Waals surface area contributed by atoms with Crippen LogP contribution in [0.3, 0.4) is 0 Å². The zero-order valence-corrected chi connectivity index (χ0v) is 12.3. The predicted octanol–water partition coefficient (Wildman–Crippen LogP) is 2.69. The van der Waals surface area contributed by atoms with Crippen LogP contribution >= 0.6 is 0 Å². The summed E-state index contributed by atoms with van der Waals surface area (Å²) in [4.78, 5) is 11.7. The van der Waals surface area contributed by atoms with Crippen LogP contribution in [0.25, 0.3) is 0 Å². The lowest BCUT2D eigenvalue weighted by Gasteiger charge is -2.29. The molecule has 1 N–H and O–H groups in total. The van der Waals surface area contributed by atoms with Crippen molar-refractivity contribution in [3.63, 3.8) is 0 Å². The van der Waals surface area contributed by atoms with Crippen LogP contribution in [0, 0.1) is 0 Å². The maximum atomic E-state index is 11.7. The lowest BCUT2D eigenvalue weighted by Crippen LogP contribution is -2.48. The van der Waals surface area contributed by atoms with Gasteiger partial charge in [0.05, 0.1) is 14.2 Å². The summed E-state index contributed by atoms with van der Waals surface area (Å²) in [5, 5.41) is 3.33. The molecule has 106 valence electrons. The molecule has 0 bridgehead atoms. The average Bonchev–Trinajstić information content (AvgIpc) is 2.44. The molecule has 0 aromatic heterocycles. The highest BCUT2D eigenvalue weighted by Gasteiger charge is 2.31. The van der Waals surface area contributed by atoms with Crippen LogP contribution in [0.4, 0.5) is 0 Å². The Morgan fingerprint density at radius 1 is 1.26 bits per heavy atom. The highest BCUT2D eigenvalue weighted by atomic mass is 16.5. The van der Waals surface area contributed by atoms with Gasteiger partial charge in [0.1, 0.15) is 11.3 Å². The van der Waals surface area contributed by atoms with Gasteiger partial charge < -0.3 is 9.47 Å². The quantitative estimate of drug-likeness (QED) is 0.803. The first-order chi connectivity index (χ1) is 8.94. The largest absolute Gasteiger partial charge is 0.497 e. The summed E-state index contributed by atoms with van der Waals surface area (Å²) in [5.74, 6) is 0.560. The van der Waals surface area contributed by atoms with E-state index in [0.29, 0.717) is 0 Å². The second kappa shape index (κ2) is 6.57. The van der Waals surface area contributed by atoms with E-state index in [0.717, 1.165) is 17.7 Å². The summed E-state index contributed by atoms with van der Waals surface area (Å²) in [7, 11) is 3.05. The Morgan fingerprint density at radius 3 is 2.26 bits per heavy atom. The number of hydrogen-bond donors (Lipinski definition) is 1. The highest BCUT2D eigenvalue weighted by Crippen LogP contribution is 2.23. The summed E-state index contributed by atoms with van der Waals surface area (Å²) in [6.45, 7) is 5.73. The molecule has 0 heterocycles. The fourth-order valence-corrected chi connectivity index (χ4v) is 2.01. The van der Waals surface area contributed by atoms with Crippen LogP contribution in [0.1, 0.15) is 38.8 Å². The molecular weight excluding hydrogens is 242 g/mol. The first-order valence-corrected chi connectivity index (χ1v) is 6.44. The lowest BCUT2D eigenvalue weighted by atomic mass is 9.98. The van der Waals surface area contributed by atoms with Crippen molar-refractivity contribution < 1.29 is 14.3 Å². The van der Waals surface area contributed by atoms with Crippen LogP contribution in [-0.2, 0) is 9.53 Å². The SMILES string of the molecule is CCC(NC(C)(C)C(=O)OC)c1ccc(OC)cc1. The number of benzene rings is 1. The molecule has 0 aliphatic rings. The molecule has 4 heteroatoms. The van der Waals surface area contributed by atoms with Crippen molar-refractivity contribution >= 4 is 5.97 Å². The minimum Gasteiger partial charge on any atom is -0.497 e. The van der Waals surface area contributed by atoms with Crippen molar-refractivity contribution in [1.29, 1.82) is 0 Å². The zero-order valence-electron chi connectivity index (χ0n) is 12.3. The standard InChI is InChI=1S/C15H23NO3/c1-6-13(16-15(2,3)14(17)19-5)11-7-9-12(18-4)10-8-11/h7-10,13,16H,6H2,1-5H3. The number of rotatable bonds is 6. The maximum Gasteiger partial charge on any atom is 0.325 e. The fourth-order valence-electron chi connectivity index (χ4n) is 2.01. The van der Waals surface area contributed by atoms with Crippen molar-refractivity contribution in [1.82, 2.24) is 5.32 Å². The van der Waals surface area contributed by atoms with E-state index in [4.69, 9.17) is 9.47 Å². The molecule has 0 saturated heterocycles. The summed E-state index contributed by atoms with van der Waals surface area (Å²) in [6.07, 6.45) is 0.882. The molecule has 1 aromatic rings. The monoisotopic (exact) mass is 265 g/mol. The van der Waals surface area contributed by atoms with Crippen molar-refractivity contribution in [2.45, 2.75) is 38.8 Å². The van der Waals surface area contributed by atoms with E-state index < -0.39 is 5.54 Å². The number of carbonyl (C=O) groups excluding carboxylic acids is 1. The molecule has 1 unspecified atom stereocenters. The third kappa shape index (κ3) is 3.96. The minimum absolute atomic E-state index is 0.0972. The van der Waals surface area contributed by atoms with E-state index in [-0.39, 0.29) is 12.0 Å². The molecule has 0 amide bonds. The van der Waals surface area contributed by atoms with Crippen LogP contribution in [-0.4, -0.2) is 25.7 Å². The second-order valence-corrected chi connectivity index (χ2v) is 4.99. The number of ether oxygens (including phenoxy) is 2. The van der Waals surface area contributed by atoms with Crippen molar-refractivity contribution in [2.75, 3.05) is 14.2 Å². The molecule has 1 aromatic carbocycles. The zero-order chi connectivity index (χ0) is 14.5. The molecule has 0 saturated carbocycles. The van der Waals surface area contributed by atoms with Crippen molar-refractivity contribution in [2.24, 2.45) is 0 Å². The molecular formula is C15H23NO3. The number of methoxy groups -OCH3 is 2. The molecule has 0 fully saturated rings. The van der Waals surface area contributed by atoms with Gasteiger partial charge in [0.15, 0.2) is 0 Å². The second-order valence-electron chi connectivity index (χ2n) is 4.99. The van der Waals surface area contributed by atoms with Crippen LogP contribution in [0.2, 0.25) is 0 Å². The third-order valence-corrected chi connectivity index (χ3v) is 3.16. The summed E-state index contributed by atoms with van der Waals surface area (Å²) < 4.78 is 9.96. The molecule has 0 spiro atoms. The molecule has 1 rings (SSSR count). The predicted molar refractivity (Wildman–Crippen MR) is 75.3 cm³/mol. The number of carbonyl (C=O) groups is 1. The smallest absolute Gasteiger partial charge is 0.325 e. The molecule has 0 aliphatic carbocycles. The minimum atomic E-state index is -0.713. The first-order valence-electron chi connectivity index (χ1n) is 6.44. The number of hydrogen-bond acceptors (Lipinski definition) is 4. The van der Waals surface area contributed by atoms with Gasteiger partial charge in [-0.05, 0) is 38.0 Å². The van der Waals surface area contributed by atoms with Gasteiger partial charge in [-0.1, -0.05) is 19.1 Å². The van der Waals surface area contributed by atoms with Crippen LogP contribution in [0.15, 0.2) is 24.3 Å². The Hall–Kier alpha value is -1.55. The highest BCUT2D eigenvalue weighted by molar-refractivity contribution is 5.79. The van der Waals surface area contributed by atoms with E-state index in [1.54, 1.807) is 7.11 Å². The van der Waals surface area contributed by atoms with Gasteiger partial charge >= 0.3 is 5.97 Å². The summed E-state index contributed by atoms with van der Waals surface area (Å²) in [6, 6.07) is 7.95. The Balaban J connectivity index is 2.85. The Labute approximate surface area is 115 Å². The van der Waals surface area contributed by atoms with Crippen molar-refractivity contribution in [3.8, 4) is 5.75 Å². The fraction of sp³-hybridized carbons (Fsp3) is 0.533. The van der Waals surface area contributed by atoms with Crippen LogP contribution < -0.4 is 10.1 Å². The summed E-state index contributed by atoms with van der Waals surface area (Å²) in [5.41, 5.74) is 0.412. The van der Waals surface area contributed by atoms with Gasteiger partial charge in [0, 0.05) is 6.04 Å². The molecule has 0 radical (unpaired) electrons. The van der Waals surface area contributed by atoms with Crippen molar-refractivity contribution in [3.05, 3.63) is 29.8 Å². The average molecular weight is 265 g/mol. The van der Waals surface area contributed by atoms with E-state index in [1.165, 1.54) is 7.11 Å². The lowest BCUT2D eigenvalue weighted by molar-refractivity contribution is -0.147.